The molecule has 1 aliphatic rings. The van der Waals surface area contributed by atoms with Crippen LogP contribution >= 0.6 is 24.0 Å². The molecule has 1 aliphatic carbocycles. The third kappa shape index (κ3) is 5.17. The van der Waals surface area contributed by atoms with E-state index in [1.165, 1.54) is 5.56 Å². The fourth-order valence-electron chi connectivity index (χ4n) is 3.57. The second kappa shape index (κ2) is 9.42. The van der Waals surface area contributed by atoms with Crippen LogP contribution in [0.1, 0.15) is 63.4 Å². The quantitative estimate of drug-likeness (QED) is 0.694. The van der Waals surface area contributed by atoms with Crippen molar-refractivity contribution >= 4 is 30.0 Å². The van der Waals surface area contributed by atoms with Crippen molar-refractivity contribution in [3.63, 3.8) is 0 Å². The maximum absolute atomic E-state index is 11.5. The monoisotopic (exact) mass is 344 g/mol. The van der Waals surface area contributed by atoms with Crippen LogP contribution in [-0.4, -0.2) is 11.1 Å². The van der Waals surface area contributed by atoms with Gasteiger partial charge in [-0.2, -0.15) is 0 Å². The summed E-state index contributed by atoms with van der Waals surface area (Å²) in [6, 6.07) is 8.12. The van der Waals surface area contributed by atoms with Crippen LogP contribution in [0.4, 0.5) is 0 Å². The van der Waals surface area contributed by atoms with Crippen molar-refractivity contribution in [2.24, 2.45) is 11.8 Å². The molecule has 0 aliphatic heterocycles. The third-order valence-corrected chi connectivity index (χ3v) is 5.12. The molecule has 0 heterocycles. The number of hydrogen-bond donors (Lipinski definition) is 1. The number of unbranched alkanes of at least 4 members (excludes halogenated alkanes) is 1. The molecule has 0 saturated heterocycles. The molecule has 0 spiro atoms. The third-order valence-electron chi connectivity index (χ3n) is 4.87. The number of carboxylic acid groups (broad SMARTS) is 1. The normalized spacial score (nSPS) is 22.6. The highest BCUT2D eigenvalue weighted by molar-refractivity contribution is 6.30. The average molecular weight is 345 g/mol. The van der Waals surface area contributed by atoms with Crippen LogP contribution in [0.2, 0.25) is 5.02 Å². The molecular weight excluding hydrogens is 319 g/mol. The molecule has 0 aromatic heterocycles. The summed E-state index contributed by atoms with van der Waals surface area (Å²) in [5.41, 5.74) is 1.35. The van der Waals surface area contributed by atoms with Crippen molar-refractivity contribution in [1.29, 1.82) is 0 Å². The topological polar surface area (TPSA) is 37.3 Å². The zero-order valence-corrected chi connectivity index (χ0v) is 14.7. The highest BCUT2D eigenvalue weighted by Crippen LogP contribution is 2.40. The van der Waals surface area contributed by atoms with Crippen molar-refractivity contribution < 1.29 is 9.90 Å². The van der Waals surface area contributed by atoms with E-state index in [4.69, 9.17) is 11.6 Å². The molecule has 1 N–H and O–H groups in total. The smallest absolute Gasteiger partial charge is 0.306 e. The number of carboxylic acids is 1. The molecule has 0 radical (unpaired) electrons. The van der Waals surface area contributed by atoms with Crippen molar-refractivity contribution in [1.82, 2.24) is 0 Å². The van der Waals surface area contributed by atoms with Gasteiger partial charge in [0.05, 0.1) is 5.92 Å². The fourth-order valence-corrected chi connectivity index (χ4v) is 3.70. The number of carbonyl (C=O) groups is 1. The predicted octanol–water partition coefficient (Wildman–Crippen LogP) is 5.93. The fraction of sp³-hybridized carbons (Fsp3) is 0.611. The molecule has 1 fully saturated rings. The van der Waals surface area contributed by atoms with Crippen molar-refractivity contribution in [2.45, 2.75) is 57.8 Å². The number of benzene rings is 1. The van der Waals surface area contributed by atoms with E-state index in [-0.39, 0.29) is 18.3 Å². The lowest BCUT2D eigenvalue weighted by Gasteiger charge is -2.32. The SMILES string of the molecule is CCCCC(C(=O)O)C1CCC(c2ccc(Cl)cc2)CC1.Cl. The van der Waals surface area contributed by atoms with E-state index in [0.29, 0.717) is 11.8 Å². The average Bonchev–Trinajstić information content (AvgIpc) is 2.49. The van der Waals surface area contributed by atoms with E-state index in [1.807, 2.05) is 12.1 Å². The second-order valence-electron chi connectivity index (χ2n) is 6.25. The molecule has 1 aromatic rings. The van der Waals surface area contributed by atoms with Gasteiger partial charge in [0.15, 0.2) is 0 Å². The molecule has 2 rings (SSSR count). The summed E-state index contributed by atoms with van der Waals surface area (Å²) in [6.07, 6.45) is 7.20. The van der Waals surface area contributed by atoms with Gasteiger partial charge in [0.25, 0.3) is 0 Å². The standard InChI is InChI=1S/C18H25ClO2.ClH/c1-2-3-4-17(18(20)21)15-7-5-13(6-8-15)14-9-11-16(19)12-10-14;/h9-13,15,17H,2-8H2,1H3,(H,20,21);1H. The largest absolute Gasteiger partial charge is 0.481 e. The minimum absolute atomic E-state index is 0. The van der Waals surface area contributed by atoms with Crippen LogP contribution in [0.3, 0.4) is 0 Å². The van der Waals surface area contributed by atoms with Gasteiger partial charge in [0.1, 0.15) is 0 Å². The molecule has 4 heteroatoms. The van der Waals surface area contributed by atoms with Gasteiger partial charge >= 0.3 is 5.97 Å². The first-order valence-electron chi connectivity index (χ1n) is 8.10. The van der Waals surface area contributed by atoms with E-state index < -0.39 is 5.97 Å². The van der Waals surface area contributed by atoms with Gasteiger partial charge < -0.3 is 5.11 Å². The number of hydrogen-bond acceptors (Lipinski definition) is 1. The van der Waals surface area contributed by atoms with Crippen molar-refractivity contribution in [3.8, 4) is 0 Å². The van der Waals surface area contributed by atoms with E-state index >= 15 is 0 Å². The lowest BCUT2D eigenvalue weighted by atomic mass is 9.72. The highest BCUT2D eigenvalue weighted by atomic mass is 35.5. The Labute approximate surface area is 144 Å². The van der Waals surface area contributed by atoms with Gasteiger partial charge in [-0.05, 0) is 61.6 Å². The van der Waals surface area contributed by atoms with Crippen LogP contribution in [0.25, 0.3) is 0 Å². The van der Waals surface area contributed by atoms with E-state index in [2.05, 4.69) is 19.1 Å². The summed E-state index contributed by atoms with van der Waals surface area (Å²) < 4.78 is 0. The number of rotatable bonds is 6. The molecule has 124 valence electrons. The Morgan fingerprint density at radius 2 is 1.82 bits per heavy atom. The van der Waals surface area contributed by atoms with Gasteiger partial charge in [-0.3, -0.25) is 4.79 Å². The van der Waals surface area contributed by atoms with E-state index in [0.717, 1.165) is 50.0 Å². The first-order valence-corrected chi connectivity index (χ1v) is 8.48. The summed E-state index contributed by atoms with van der Waals surface area (Å²) in [4.78, 5) is 11.5. The van der Waals surface area contributed by atoms with Crippen LogP contribution in [0.5, 0.6) is 0 Å². The molecule has 2 nitrogen and oxygen atoms in total. The van der Waals surface area contributed by atoms with E-state index in [9.17, 15) is 9.90 Å². The van der Waals surface area contributed by atoms with Crippen LogP contribution in [-0.2, 0) is 4.79 Å². The Bertz CT molecular complexity index is 451. The predicted molar refractivity (Wildman–Crippen MR) is 94.0 cm³/mol. The number of aliphatic carboxylic acids is 1. The molecule has 1 saturated carbocycles. The maximum atomic E-state index is 11.5. The lowest BCUT2D eigenvalue weighted by Crippen LogP contribution is -2.27. The maximum Gasteiger partial charge on any atom is 0.306 e. The molecular formula is C18H26Cl2O2. The zero-order chi connectivity index (χ0) is 15.2. The summed E-state index contributed by atoms with van der Waals surface area (Å²) in [7, 11) is 0. The molecule has 0 amide bonds. The number of halogens is 2. The van der Waals surface area contributed by atoms with Crippen LogP contribution in [0.15, 0.2) is 24.3 Å². The Balaban J connectivity index is 0.00000242. The van der Waals surface area contributed by atoms with E-state index in [1.54, 1.807) is 0 Å². The molecule has 1 atom stereocenters. The zero-order valence-electron chi connectivity index (χ0n) is 13.1. The lowest BCUT2D eigenvalue weighted by molar-refractivity contribution is -0.144. The van der Waals surface area contributed by atoms with Gasteiger partial charge in [0, 0.05) is 5.02 Å². The van der Waals surface area contributed by atoms with Gasteiger partial charge in [0.2, 0.25) is 0 Å². The Hall–Kier alpha value is -0.730. The first-order chi connectivity index (χ1) is 10.1. The molecule has 0 bridgehead atoms. The van der Waals surface area contributed by atoms with Crippen LogP contribution < -0.4 is 0 Å². The van der Waals surface area contributed by atoms with Crippen LogP contribution in [0, 0.1) is 11.8 Å². The summed E-state index contributed by atoms with van der Waals surface area (Å²) >= 11 is 5.93. The Kier molecular flexibility index (Phi) is 8.27. The minimum Gasteiger partial charge on any atom is -0.481 e. The molecule has 1 aromatic carbocycles. The van der Waals surface area contributed by atoms with Crippen molar-refractivity contribution in [2.75, 3.05) is 0 Å². The summed E-state index contributed by atoms with van der Waals surface area (Å²) in [6.45, 7) is 2.12. The summed E-state index contributed by atoms with van der Waals surface area (Å²) in [5, 5.41) is 10.2. The summed E-state index contributed by atoms with van der Waals surface area (Å²) in [5.74, 6) is 0.186. The van der Waals surface area contributed by atoms with Crippen molar-refractivity contribution in [3.05, 3.63) is 34.9 Å². The minimum atomic E-state index is -0.599. The Morgan fingerprint density at radius 1 is 1.23 bits per heavy atom. The van der Waals surface area contributed by atoms with Gasteiger partial charge in [-0.15, -0.1) is 12.4 Å². The van der Waals surface area contributed by atoms with Gasteiger partial charge in [-0.25, -0.2) is 0 Å². The van der Waals surface area contributed by atoms with Gasteiger partial charge in [-0.1, -0.05) is 43.5 Å². The highest BCUT2D eigenvalue weighted by Gasteiger charge is 2.31. The molecule has 1 unspecified atom stereocenters. The Morgan fingerprint density at radius 3 is 2.32 bits per heavy atom. The second-order valence-corrected chi connectivity index (χ2v) is 6.69. The first kappa shape index (κ1) is 19.3. The molecule has 22 heavy (non-hydrogen) atoms.